The quantitative estimate of drug-likeness (QED) is 0.815. The molecule has 0 aromatic carbocycles. The Balaban J connectivity index is 5.82. The Morgan fingerprint density at radius 1 is 0.810 bits per heavy atom. The van der Waals surface area contributed by atoms with Crippen LogP contribution >= 0.6 is 0 Å². The van der Waals surface area contributed by atoms with Crippen LogP contribution in [0.4, 0.5) is 0 Å². The average Bonchev–Trinajstić information content (AvgIpc) is 1.83. The summed E-state index contributed by atoms with van der Waals surface area (Å²) in [6.07, 6.45) is 2.37. The molecule has 0 spiro atoms. The normalized spacial score (nSPS) is 15.6. The van der Waals surface area contributed by atoms with Gasteiger partial charge in [0.1, 0.15) is 0 Å². The molecule has 0 rings (SSSR count). The van der Waals surface area contributed by atoms with Gasteiger partial charge in [0.15, 0.2) is 0 Å². The summed E-state index contributed by atoms with van der Waals surface area (Å²) in [5, 5.41) is 10.1. The zero-order chi connectivity index (χ0) is 17.5. The Bertz CT molecular complexity index is 423. The van der Waals surface area contributed by atoms with E-state index in [0.29, 0.717) is 6.42 Å². The Morgan fingerprint density at radius 3 is 1.38 bits per heavy atom. The third-order valence-corrected chi connectivity index (χ3v) is 4.91. The Hall–Kier alpha value is -0.130. The molecule has 0 aliphatic rings. The fourth-order valence-corrected chi connectivity index (χ4v) is 6.14. The molecular formula is C16H35NO3S. The second kappa shape index (κ2) is 5.82. The molecule has 0 amide bonds. The zero-order valence-corrected chi connectivity index (χ0v) is 16.3. The molecule has 0 aliphatic heterocycles. The summed E-state index contributed by atoms with van der Waals surface area (Å²) in [5.74, 6) is 0. The molecule has 1 N–H and O–H groups in total. The van der Waals surface area contributed by atoms with Gasteiger partial charge in [-0.05, 0) is 59.8 Å². The van der Waals surface area contributed by atoms with Gasteiger partial charge in [-0.1, -0.05) is 20.8 Å². The lowest BCUT2D eigenvalue weighted by Gasteiger charge is -2.50. The standard InChI is InChI=1S/C16H35NO3S/c1-13(2,3)11-14(4,5)17(21(10,19)20)15(6,7)12-16(8,9)18/h18H,11-12H2,1-10H3. The molecule has 0 aliphatic carbocycles. The van der Waals surface area contributed by atoms with E-state index >= 15 is 0 Å². The van der Waals surface area contributed by atoms with Crippen molar-refractivity contribution in [3.05, 3.63) is 0 Å². The minimum absolute atomic E-state index is 0.0112. The van der Waals surface area contributed by atoms with Crippen molar-refractivity contribution in [3.63, 3.8) is 0 Å². The van der Waals surface area contributed by atoms with Crippen molar-refractivity contribution in [2.24, 2.45) is 5.41 Å². The first-order chi connectivity index (χ1) is 8.78. The third kappa shape index (κ3) is 7.11. The van der Waals surface area contributed by atoms with E-state index in [2.05, 4.69) is 20.8 Å². The van der Waals surface area contributed by atoms with Crippen LogP contribution in [-0.4, -0.2) is 40.8 Å². The topological polar surface area (TPSA) is 57.6 Å². The summed E-state index contributed by atoms with van der Waals surface area (Å²) in [5.41, 5.74) is -2.11. The van der Waals surface area contributed by atoms with E-state index in [-0.39, 0.29) is 5.41 Å². The molecule has 4 nitrogen and oxygen atoms in total. The first-order valence-electron chi connectivity index (χ1n) is 7.51. The Labute approximate surface area is 132 Å². The molecular weight excluding hydrogens is 286 g/mol. The summed E-state index contributed by atoms with van der Waals surface area (Å²) in [4.78, 5) is 0. The van der Waals surface area contributed by atoms with Crippen LogP contribution in [-0.2, 0) is 10.0 Å². The number of aliphatic hydroxyl groups is 1. The van der Waals surface area contributed by atoms with Gasteiger partial charge in [-0.25, -0.2) is 8.42 Å². The van der Waals surface area contributed by atoms with Gasteiger partial charge < -0.3 is 5.11 Å². The fourth-order valence-electron chi connectivity index (χ4n) is 4.22. The maximum atomic E-state index is 12.4. The molecule has 0 heterocycles. The fraction of sp³-hybridized carbons (Fsp3) is 1.00. The highest BCUT2D eigenvalue weighted by Crippen LogP contribution is 2.39. The number of nitrogens with zero attached hydrogens (tertiary/aromatic N) is 1. The molecule has 21 heavy (non-hydrogen) atoms. The maximum Gasteiger partial charge on any atom is 0.212 e. The van der Waals surface area contributed by atoms with Gasteiger partial charge in [-0.15, -0.1) is 0 Å². The number of hydrogen-bond acceptors (Lipinski definition) is 3. The van der Waals surface area contributed by atoms with E-state index < -0.39 is 26.7 Å². The average molecular weight is 322 g/mol. The van der Waals surface area contributed by atoms with Crippen LogP contribution in [0.5, 0.6) is 0 Å². The molecule has 0 atom stereocenters. The van der Waals surface area contributed by atoms with Crippen molar-refractivity contribution in [1.29, 1.82) is 0 Å². The maximum absolute atomic E-state index is 12.4. The Kier molecular flexibility index (Phi) is 5.78. The van der Waals surface area contributed by atoms with Crippen LogP contribution < -0.4 is 0 Å². The lowest BCUT2D eigenvalue weighted by Crippen LogP contribution is -2.60. The van der Waals surface area contributed by atoms with E-state index in [9.17, 15) is 13.5 Å². The van der Waals surface area contributed by atoms with Crippen molar-refractivity contribution in [1.82, 2.24) is 4.31 Å². The summed E-state index contributed by atoms with van der Waals surface area (Å²) in [6, 6.07) is 0. The van der Waals surface area contributed by atoms with Crippen LogP contribution in [0, 0.1) is 5.41 Å². The second-order valence-corrected chi connectivity index (χ2v) is 11.2. The minimum atomic E-state index is -3.40. The van der Waals surface area contributed by atoms with E-state index in [1.807, 2.05) is 27.7 Å². The molecule has 0 saturated heterocycles. The molecule has 0 fully saturated rings. The van der Waals surface area contributed by atoms with Crippen molar-refractivity contribution in [3.8, 4) is 0 Å². The summed E-state index contributed by atoms with van der Waals surface area (Å²) < 4.78 is 26.5. The molecule has 0 radical (unpaired) electrons. The lowest BCUT2D eigenvalue weighted by molar-refractivity contribution is -0.00398. The highest BCUT2D eigenvalue weighted by Gasteiger charge is 2.46. The summed E-state index contributed by atoms with van der Waals surface area (Å²) in [6.45, 7) is 17.5. The lowest BCUT2D eigenvalue weighted by atomic mass is 9.79. The molecule has 128 valence electrons. The van der Waals surface area contributed by atoms with Gasteiger partial charge in [0.25, 0.3) is 0 Å². The van der Waals surface area contributed by atoms with Gasteiger partial charge in [-0.2, -0.15) is 4.31 Å². The predicted molar refractivity (Wildman–Crippen MR) is 89.8 cm³/mol. The van der Waals surface area contributed by atoms with E-state index in [1.54, 1.807) is 18.2 Å². The van der Waals surface area contributed by atoms with Gasteiger partial charge >= 0.3 is 0 Å². The first kappa shape index (κ1) is 20.9. The number of rotatable bonds is 6. The van der Waals surface area contributed by atoms with Crippen molar-refractivity contribution in [2.45, 2.75) is 91.8 Å². The van der Waals surface area contributed by atoms with Crippen LogP contribution in [0.2, 0.25) is 0 Å². The van der Waals surface area contributed by atoms with Crippen molar-refractivity contribution >= 4 is 10.0 Å². The van der Waals surface area contributed by atoms with E-state index in [0.717, 1.165) is 6.42 Å². The second-order valence-electron chi connectivity index (χ2n) is 9.38. The largest absolute Gasteiger partial charge is 0.390 e. The smallest absolute Gasteiger partial charge is 0.212 e. The third-order valence-electron chi connectivity index (χ3n) is 3.26. The van der Waals surface area contributed by atoms with Gasteiger partial charge in [0, 0.05) is 11.1 Å². The summed E-state index contributed by atoms with van der Waals surface area (Å²) in [7, 11) is -3.40. The van der Waals surface area contributed by atoms with Crippen LogP contribution in [0.1, 0.15) is 75.2 Å². The zero-order valence-electron chi connectivity index (χ0n) is 15.5. The summed E-state index contributed by atoms with van der Waals surface area (Å²) >= 11 is 0. The van der Waals surface area contributed by atoms with Gasteiger partial charge in [0.2, 0.25) is 10.0 Å². The van der Waals surface area contributed by atoms with Crippen LogP contribution in [0.25, 0.3) is 0 Å². The monoisotopic (exact) mass is 321 g/mol. The molecule has 0 saturated carbocycles. The van der Waals surface area contributed by atoms with Crippen molar-refractivity contribution < 1.29 is 13.5 Å². The van der Waals surface area contributed by atoms with Gasteiger partial charge in [0.05, 0.1) is 11.9 Å². The number of sulfonamides is 1. The van der Waals surface area contributed by atoms with Crippen molar-refractivity contribution in [2.75, 3.05) is 6.26 Å². The molecule has 5 heteroatoms. The van der Waals surface area contributed by atoms with E-state index in [1.165, 1.54) is 6.26 Å². The van der Waals surface area contributed by atoms with Gasteiger partial charge in [-0.3, -0.25) is 0 Å². The van der Waals surface area contributed by atoms with Crippen LogP contribution in [0.3, 0.4) is 0 Å². The van der Waals surface area contributed by atoms with E-state index in [4.69, 9.17) is 0 Å². The first-order valence-corrected chi connectivity index (χ1v) is 9.36. The number of hydrogen-bond donors (Lipinski definition) is 1. The minimum Gasteiger partial charge on any atom is -0.390 e. The highest BCUT2D eigenvalue weighted by molar-refractivity contribution is 7.88. The van der Waals surface area contributed by atoms with Crippen LogP contribution in [0.15, 0.2) is 0 Å². The highest BCUT2D eigenvalue weighted by atomic mass is 32.2. The SMILES string of the molecule is CC(C)(C)CC(C)(C)N(C(C)(C)CC(C)(C)O)S(C)(=O)=O. The predicted octanol–water partition coefficient (Wildman–Crippen LogP) is 3.40. The molecule has 0 bridgehead atoms. The molecule has 0 aromatic heterocycles. The molecule has 0 aromatic rings. The molecule has 0 unspecified atom stereocenters. The Morgan fingerprint density at radius 2 is 1.14 bits per heavy atom.